The molecule has 0 aliphatic carbocycles. The quantitative estimate of drug-likeness (QED) is 0.501. The number of ether oxygens (including phenoxy) is 3. The summed E-state index contributed by atoms with van der Waals surface area (Å²) in [7, 11) is 0. The third kappa shape index (κ3) is 5.91. The third-order valence-corrected chi connectivity index (χ3v) is 6.61. The number of aryl methyl sites for hydroxylation is 1. The summed E-state index contributed by atoms with van der Waals surface area (Å²) >= 11 is 6.04. The minimum absolute atomic E-state index is 0.137. The van der Waals surface area contributed by atoms with Gasteiger partial charge in [-0.15, -0.1) is 0 Å². The van der Waals surface area contributed by atoms with Crippen LogP contribution in [0.3, 0.4) is 0 Å². The fourth-order valence-corrected chi connectivity index (χ4v) is 4.63. The number of hydrogen-bond acceptors (Lipinski definition) is 6. The Morgan fingerprint density at radius 1 is 1.09 bits per heavy atom. The Bertz CT molecular complexity index is 1020. The Labute approximate surface area is 205 Å². The number of halogens is 1. The Kier molecular flexibility index (Phi) is 7.35. The fourth-order valence-electron chi connectivity index (χ4n) is 4.50. The maximum Gasteiger partial charge on any atom is 0.187 e. The van der Waals surface area contributed by atoms with E-state index in [1.54, 1.807) is 12.5 Å². The van der Waals surface area contributed by atoms with Crippen LogP contribution in [0.25, 0.3) is 0 Å². The van der Waals surface area contributed by atoms with Crippen molar-refractivity contribution in [2.75, 3.05) is 44.3 Å². The van der Waals surface area contributed by atoms with Crippen LogP contribution in [-0.2, 0) is 22.4 Å². The molecule has 2 aliphatic rings. The Morgan fingerprint density at radius 3 is 2.62 bits per heavy atom. The smallest absolute Gasteiger partial charge is 0.187 e. The van der Waals surface area contributed by atoms with Gasteiger partial charge in [-0.05, 0) is 48.4 Å². The van der Waals surface area contributed by atoms with Gasteiger partial charge in [-0.1, -0.05) is 23.7 Å². The monoisotopic (exact) mass is 482 g/mol. The van der Waals surface area contributed by atoms with E-state index in [1.807, 2.05) is 47.2 Å². The molecule has 0 saturated carbocycles. The van der Waals surface area contributed by atoms with E-state index in [9.17, 15) is 0 Å². The molecule has 2 atom stereocenters. The average Bonchev–Trinajstić information content (AvgIpc) is 3.54. The van der Waals surface area contributed by atoms with Gasteiger partial charge in [0.15, 0.2) is 5.79 Å². The number of imidazole rings is 1. The molecular weight excluding hydrogens is 452 g/mol. The number of nitrogens with one attached hydrogen (secondary N) is 1. The second-order valence-electron chi connectivity index (χ2n) is 8.86. The van der Waals surface area contributed by atoms with Gasteiger partial charge >= 0.3 is 0 Å². The van der Waals surface area contributed by atoms with Gasteiger partial charge in [-0.3, -0.25) is 0 Å². The van der Waals surface area contributed by atoms with E-state index in [0.29, 0.717) is 19.8 Å². The van der Waals surface area contributed by atoms with Gasteiger partial charge in [0.05, 0.1) is 19.5 Å². The van der Waals surface area contributed by atoms with Crippen LogP contribution in [0, 0.1) is 0 Å². The van der Waals surface area contributed by atoms with E-state index >= 15 is 0 Å². The van der Waals surface area contributed by atoms with Crippen LogP contribution in [0.1, 0.15) is 12.0 Å². The van der Waals surface area contributed by atoms with Gasteiger partial charge in [0, 0.05) is 55.7 Å². The summed E-state index contributed by atoms with van der Waals surface area (Å²) in [6, 6.07) is 16.3. The number of rotatable bonds is 9. The number of anilines is 1. The summed E-state index contributed by atoms with van der Waals surface area (Å²) in [5.41, 5.74) is 2.43. The highest BCUT2D eigenvalue weighted by molar-refractivity contribution is 6.30. The Balaban J connectivity index is 1.18. The number of hydrogen-bond donors (Lipinski definition) is 1. The average molecular weight is 483 g/mol. The molecule has 1 aromatic heterocycles. The minimum atomic E-state index is -0.722. The van der Waals surface area contributed by atoms with E-state index in [2.05, 4.69) is 27.3 Å². The van der Waals surface area contributed by atoms with E-state index in [-0.39, 0.29) is 6.10 Å². The molecule has 3 heterocycles. The lowest BCUT2D eigenvalue weighted by molar-refractivity contribution is -0.184. The lowest BCUT2D eigenvalue weighted by Crippen LogP contribution is -2.43. The van der Waals surface area contributed by atoms with Crippen molar-refractivity contribution in [1.29, 1.82) is 0 Å². The molecule has 0 radical (unpaired) electrons. The molecule has 2 saturated heterocycles. The molecule has 1 N–H and O–H groups in total. The van der Waals surface area contributed by atoms with Gasteiger partial charge in [-0.2, -0.15) is 0 Å². The molecule has 2 aliphatic heterocycles. The lowest BCUT2D eigenvalue weighted by Gasteiger charge is -2.29. The zero-order valence-corrected chi connectivity index (χ0v) is 20.0. The van der Waals surface area contributed by atoms with Crippen molar-refractivity contribution >= 4 is 17.3 Å². The summed E-state index contributed by atoms with van der Waals surface area (Å²) < 4.78 is 20.8. The molecule has 0 amide bonds. The van der Waals surface area contributed by atoms with Crippen LogP contribution in [0.5, 0.6) is 5.75 Å². The van der Waals surface area contributed by atoms with Crippen LogP contribution in [0.2, 0.25) is 5.02 Å². The van der Waals surface area contributed by atoms with Gasteiger partial charge in [0.2, 0.25) is 0 Å². The van der Waals surface area contributed by atoms with E-state index < -0.39 is 5.79 Å². The lowest BCUT2D eigenvalue weighted by atomic mass is 10.0. The van der Waals surface area contributed by atoms with Crippen LogP contribution < -0.4 is 15.0 Å². The predicted molar refractivity (Wildman–Crippen MR) is 133 cm³/mol. The highest BCUT2D eigenvalue weighted by atomic mass is 35.5. The molecule has 2 aromatic carbocycles. The topological polar surface area (TPSA) is 60.8 Å². The van der Waals surface area contributed by atoms with E-state index in [0.717, 1.165) is 49.8 Å². The standard InChI is InChI=1S/C26H31ClN4O3/c27-22-3-1-21(2-4-22)9-10-26(19-30-14-11-29-20-30)33-18-25(34-26)17-32-24-7-5-23(6-8-24)31-15-12-28-13-16-31/h1-8,11,14,20,25,28H,9-10,12-13,15-19H2/t25-,26+/m1/s1. The van der Waals surface area contributed by atoms with Gasteiger partial charge in [0.1, 0.15) is 18.5 Å². The number of nitrogens with zero attached hydrogens (tertiary/aromatic N) is 3. The van der Waals surface area contributed by atoms with Crippen molar-refractivity contribution in [3.63, 3.8) is 0 Å². The van der Waals surface area contributed by atoms with Crippen molar-refractivity contribution in [1.82, 2.24) is 14.9 Å². The second-order valence-corrected chi connectivity index (χ2v) is 9.30. The Morgan fingerprint density at radius 2 is 1.88 bits per heavy atom. The van der Waals surface area contributed by atoms with E-state index in [4.69, 9.17) is 25.8 Å². The molecule has 2 fully saturated rings. The summed E-state index contributed by atoms with van der Waals surface area (Å²) in [4.78, 5) is 6.55. The highest BCUT2D eigenvalue weighted by Crippen LogP contribution is 2.31. The van der Waals surface area contributed by atoms with Gasteiger partial charge in [-0.25, -0.2) is 4.98 Å². The van der Waals surface area contributed by atoms with Crippen molar-refractivity contribution in [3.8, 4) is 5.75 Å². The van der Waals surface area contributed by atoms with Crippen LogP contribution >= 0.6 is 11.6 Å². The number of piperazine rings is 1. The Hall–Kier alpha value is -2.58. The highest BCUT2D eigenvalue weighted by Gasteiger charge is 2.42. The molecule has 0 bridgehead atoms. The predicted octanol–water partition coefficient (Wildman–Crippen LogP) is 3.77. The second kappa shape index (κ2) is 10.8. The van der Waals surface area contributed by atoms with Crippen molar-refractivity contribution in [2.24, 2.45) is 0 Å². The maximum atomic E-state index is 6.47. The van der Waals surface area contributed by atoms with Crippen molar-refractivity contribution in [2.45, 2.75) is 31.3 Å². The molecule has 3 aromatic rings. The first-order valence-electron chi connectivity index (χ1n) is 11.9. The largest absolute Gasteiger partial charge is 0.491 e. The number of benzene rings is 2. The number of aromatic nitrogens is 2. The zero-order valence-electron chi connectivity index (χ0n) is 19.2. The SMILES string of the molecule is Clc1ccc(CC[C@]2(Cn3ccnc3)OC[C@@H](COc3ccc(N4CCNCC4)cc3)O2)cc1. The summed E-state index contributed by atoms with van der Waals surface area (Å²) in [6.07, 6.45) is 6.91. The zero-order chi connectivity index (χ0) is 23.2. The molecule has 180 valence electrons. The minimum Gasteiger partial charge on any atom is -0.491 e. The first kappa shape index (κ1) is 23.2. The first-order valence-corrected chi connectivity index (χ1v) is 12.3. The summed E-state index contributed by atoms with van der Waals surface area (Å²) in [5.74, 6) is 0.122. The summed E-state index contributed by atoms with van der Waals surface area (Å²) in [5, 5.41) is 4.12. The normalized spacial score (nSPS) is 22.7. The van der Waals surface area contributed by atoms with Crippen LogP contribution in [0.15, 0.2) is 67.3 Å². The van der Waals surface area contributed by atoms with Gasteiger partial charge in [0.25, 0.3) is 0 Å². The van der Waals surface area contributed by atoms with Crippen molar-refractivity contribution in [3.05, 3.63) is 77.8 Å². The summed E-state index contributed by atoms with van der Waals surface area (Å²) in [6.45, 7) is 5.63. The molecule has 5 rings (SSSR count). The molecule has 8 heteroatoms. The fraction of sp³-hybridized carbons (Fsp3) is 0.423. The van der Waals surface area contributed by atoms with Crippen LogP contribution in [-0.4, -0.2) is 60.8 Å². The third-order valence-electron chi connectivity index (χ3n) is 6.36. The first-order chi connectivity index (χ1) is 16.7. The van der Waals surface area contributed by atoms with E-state index in [1.165, 1.54) is 11.3 Å². The van der Waals surface area contributed by atoms with Crippen LogP contribution in [0.4, 0.5) is 5.69 Å². The molecular formula is C26H31ClN4O3. The molecule has 0 unspecified atom stereocenters. The molecule has 0 spiro atoms. The molecule has 7 nitrogen and oxygen atoms in total. The van der Waals surface area contributed by atoms with Gasteiger partial charge < -0.3 is 29.0 Å². The van der Waals surface area contributed by atoms with Crippen molar-refractivity contribution < 1.29 is 14.2 Å². The maximum absolute atomic E-state index is 6.47. The molecule has 34 heavy (non-hydrogen) atoms.